The molecule has 0 aromatic heterocycles. The highest BCUT2D eigenvalue weighted by Gasteiger charge is 2.28. The highest BCUT2D eigenvalue weighted by Crippen LogP contribution is 2.29. The maximum absolute atomic E-state index is 11.3. The number of nitrogens with zero attached hydrogens (tertiary/aromatic N) is 1. The van der Waals surface area contributed by atoms with E-state index in [0.29, 0.717) is 10.7 Å². The molecule has 16 heavy (non-hydrogen) atoms. The van der Waals surface area contributed by atoms with Crippen LogP contribution in [0.15, 0.2) is 18.2 Å². The van der Waals surface area contributed by atoms with Crippen molar-refractivity contribution in [1.29, 1.82) is 0 Å². The first-order valence-electron chi connectivity index (χ1n) is 5.03. The van der Waals surface area contributed by atoms with Gasteiger partial charge in [0.2, 0.25) is 0 Å². The molecule has 0 unspecified atom stereocenters. The number of benzene rings is 1. The van der Waals surface area contributed by atoms with E-state index in [4.69, 9.17) is 11.6 Å². The zero-order valence-electron chi connectivity index (χ0n) is 9.91. The monoisotopic (exact) mass is 241 g/mol. The summed E-state index contributed by atoms with van der Waals surface area (Å²) < 4.78 is 0. The van der Waals surface area contributed by atoms with Crippen LogP contribution in [0.1, 0.15) is 26.3 Å². The summed E-state index contributed by atoms with van der Waals surface area (Å²) in [5.74, 6) is 0. The highest BCUT2D eigenvalue weighted by molar-refractivity contribution is 6.30. The van der Waals surface area contributed by atoms with Gasteiger partial charge in [-0.1, -0.05) is 11.6 Å². The zero-order chi connectivity index (χ0) is 12.5. The van der Waals surface area contributed by atoms with E-state index in [9.17, 15) is 9.90 Å². The van der Waals surface area contributed by atoms with Gasteiger partial charge < -0.3 is 5.11 Å². The van der Waals surface area contributed by atoms with Crippen LogP contribution in [-0.4, -0.2) is 16.7 Å². The molecule has 0 aliphatic heterocycles. The Bertz CT molecular complexity index is 410. The summed E-state index contributed by atoms with van der Waals surface area (Å²) in [5.41, 5.74) is 1.04. The molecule has 88 valence electrons. The Kier molecular flexibility index (Phi) is 3.48. The third kappa shape index (κ3) is 2.67. The quantitative estimate of drug-likeness (QED) is 0.809. The van der Waals surface area contributed by atoms with E-state index in [1.54, 1.807) is 18.2 Å². The summed E-state index contributed by atoms with van der Waals surface area (Å²) in [7, 11) is 0. The van der Waals surface area contributed by atoms with Gasteiger partial charge in [-0.05, 0) is 51.5 Å². The molecule has 4 heteroatoms. The molecule has 0 atom stereocenters. The lowest BCUT2D eigenvalue weighted by molar-refractivity contribution is 0.195. The fourth-order valence-electron chi connectivity index (χ4n) is 1.62. The number of halogens is 1. The summed E-state index contributed by atoms with van der Waals surface area (Å²) in [5, 5.41) is 9.86. The van der Waals surface area contributed by atoms with E-state index in [2.05, 4.69) is 0 Å². The average Bonchev–Trinajstić information content (AvgIpc) is 2.06. The number of hydrogen-bond donors (Lipinski definition) is 1. The Morgan fingerprint density at radius 1 is 1.38 bits per heavy atom. The zero-order valence-corrected chi connectivity index (χ0v) is 10.7. The third-order valence-corrected chi connectivity index (χ3v) is 2.50. The van der Waals surface area contributed by atoms with Gasteiger partial charge in [0.1, 0.15) is 0 Å². The molecule has 0 bridgehead atoms. The summed E-state index contributed by atoms with van der Waals surface area (Å²) in [4.78, 5) is 12.6. The molecule has 0 fully saturated rings. The van der Waals surface area contributed by atoms with Crippen molar-refractivity contribution < 1.29 is 9.90 Å². The number of carboxylic acid groups (broad SMARTS) is 1. The average molecular weight is 242 g/mol. The molecule has 0 saturated carbocycles. The topological polar surface area (TPSA) is 40.5 Å². The normalized spacial score (nSPS) is 11.3. The second-order valence-corrected chi connectivity index (χ2v) is 5.16. The molecule has 1 rings (SSSR count). The van der Waals surface area contributed by atoms with E-state index < -0.39 is 11.6 Å². The summed E-state index contributed by atoms with van der Waals surface area (Å²) in [6, 6.07) is 5.20. The molecule has 3 nitrogen and oxygen atoms in total. The molecule has 0 aliphatic carbocycles. The molecule has 0 radical (unpaired) electrons. The van der Waals surface area contributed by atoms with Gasteiger partial charge in [0.05, 0.1) is 5.69 Å². The largest absolute Gasteiger partial charge is 0.465 e. The number of carbonyl (C=O) groups is 1. The van der Waals surface area contributed by atoms with E-state index in [1.807, 2.05) is 27.7 Å². The van der Waals surface area contributed by atoms with Gasteiger partial charge >= 0.3 is 6.09 Å². The van der Waals surface area contributed by atoms with Crippen molar-refractivity contribution >= 4 is 23.4 Å². The van der Waals surface area contributed by atoms with Gasteiger partial charge in [0, 0.05) is 10.6 Å². The van der Waals surface area contributed by atoms with Gasteiger partial charge in [-0.2, -0.15) is 0 Å². The second kappa shape index (κ2) is 4.34. The lowest BCUT2D eigenvalue weighted by Gasteiger charge is -2.34. The minimum atomic E-state index is -0.960. The Morgan fingerprint density at radius 3 is 2.31 bits per heavy atom. The first-order valence-corrected chi connectivity index (χ1v) is 5.40. The van der Waals surface area contributed by atoms with Crippen molar-refractivity contribution in [2.75, 3.05) is 4.90 Å². The van der Waals surface area contributed by atoms with E-state index in [1.165, 1.54) is 4.90 Å². The van der Waals surface area contributed by atoms with Crippen molar-refractivity contribution in [2.45, 2.75) is 33.2 Å². The van der Waals surface area contributed by atoms with Gasteiger partial charge in [0.25, 0.3) is 0 Å². The fourth-order valence-corrected chi connectivity index (χ4v) is 1.85. The van der Waals surface area contributed by atoms with E-state index >= 15 is 0 Å². The van der Waals surface area contributed by atoms with Crippen LogP contribution >= 0.6 is 11.6 Å². The van der Waals surface area contributed by atoms with E-state index in [-0.39, 0.29) is 0 Å². The highest BCUT2D eigenvalue weighted by atomic mass is 35.5. The molecular weight excluding hydrogens is 226 g/mol. The predicted octanol–water partition coefficient (Wildman–Crippen LogP) is 3.93. The van der Waals surface area contributed by atoms with Crippen molar-refractivity contribution in [2.24, 2.45) is 0 Å². The number of aryl methyl sites for hydroxylation is 1. The summed E-state index contributed by atoms with van der Waals surface area (Å²) in [6.45, 7) is 7.42. The molecule has 0 spiro atoms. The van der Waals surface area contributed by atoms with Crippen LogP contribution in [-0.2, 0) is 0 Å². The van der Waals surface area contributed by atoms with Crippen LogP contribution in [0.2, 0.25) is 5.02 Å². The van der Waals surface area contributed by atoms with Crippen LogP contribution in [0.3, 0.4) is 0 Å². The van der Waals surface area contributed by atoms with Crippen molar-refractivity contribution in [1.82, 2.24) is 0 Å². The van der Waals surface area contributed by atoms with Crippen molar-refractivity contribution in [3.8, 4) is 0 Å². The standard InChI is InChI=1S/C12H16ClNO2/c1-8-7-9(13)5-6-10(8)14(11(15)16)12(2,3)4/h5-7H,1-4H3,(H,15,16). The van der Waals surface area contributed by atoms with Crippen LogP contribution in [0.25, 0.3) is 0 Å². The van der Waals surface area contributed by atoms with Crippen LogP contribution in [0.4, 0.5) is 10.5 Å². The minimum Gasteiger partial charge on any atom is -0.465 e. The number of rotatable bonds is 1. The van der Waals surface area contributed by atoms with Crippen LogP contribution < -0.4 is 4.90 Å². The molecular formula is C12H16ClNO2. The Balaban J connectivity index is 3.28. The smallest absolute Gasteiger partial charge is 0.412 e. The van der Waals surface area contributed by atoms with Gasteiger partial charge in [-0.25, -0.2) is 4.79 Å². The fraction of sp³-hybridized carbons (Fsp3) is 0.417. The minimum absolute atomic E-state index is 0.482. The Hall–Kier alpha value is -1.22. The molecule has 0 aliphatic rings. The van der Waals surface area contributed by atoms with Crippen LogP contribution in [0, 0.1) is 6.92 Å². The van der Waals surface area contributed by atoms with Crippen molar-refractivity contribution in [3.63, 3.8) is 0 Å². The van der Waals surface area contributed by atoms with E-state index in [0.717, 1.165) is 5.56 Å². The van der Waals surface area contributed by atoms with Crippen LogP contribution in [0.5, 0.6) is 0 Å². The van der Waals surface area contributed by atoms with Gasteiger partial charge in [-0.15, -0.1) is 0 Å². The number of anilines is 1. The first-order chi connectivity index (χ1) is 7.23. The molecule has 0 saturated heterocycles. The Morgan fingerprint density at radius 2 is 1.94 bits per heavy atom. The summed E-state index contributed by atoms with van der Waals surface area (Å²) >= 11 is 5.85. The van der Waals surface area contributed by atoms with Gasteiger partial charge in [-0.3, -0.25) is 4.90 Å². The maximum atomic E-state index is 11.3. The first kappa shape index (κ1) is 12.8. The lowest BCUT2D eigenvalue weighted by Crippen LogP contribution is -2.45. The third-order valence-electron chi connectivity index (χ3n) is 2.26. The summed E-state index contributed by atoms with van der Waals surface area (Å²) in [6.07, 6.45) is -0.960. The second-order valence-electron chi connectivity index (χ2n) is 4.72. The maximum Gasteiger partial charge on any atom is 0.412 e. The molecule has 1 N–H and O–H groups in total. The van der Waals surface area contributed by atoms with Crippen molar-refractivity contribution in [3.05, 3.63) is 28.8 Å². The van der Waals surface area contributed by atoms with Gasteiger partial charge in [0.15, 0.2) is 0 Å². The SMILES string of the molecule is Cc1cc(Cl)ccc1N(C(=O)O)C(C)(C)C. The number of amides is 1. The lowest BCUT2D eigenvalue weighted by atomic mass is 10.0. The Labute approximate surface area is 101 Å². The molecule has 1 aromatic carbocycles. The predicted molar refractivity (Wildman–Crippen MR) is 66.4 cm³/mol. The molecule has 0 heterocycles. The molecule has 1 aromatic rings. The number of hydrogen-bond acceptors (Lipinski definition) is 1. The molecule has 1 amide bonds.